The number of aryl methyl sites for hydroxylation is 1. The molecule has 2 fully saturated rings. The summed E-state index contributed by atoms with van der Waals surface area (Å²) in [7, 11) is 0. The van der Waals surface area contributed by atoms with Gasteiger partial charge < -0.3 is 10.2 Å². The summed E-state index contributed by atoms with van der Waals surface area (Å²) < 4.78 is 1.92. The van der Waals surface area contributed by atoms with Crippen molar-refractivity contribution >= 4 is 24.0 Å². The summed E-state index contributed by atoms with van der Waals surface area (Å²) in [6.45, 7) is 7.39. The predicted molar refractivity (Wildman–Crippen MR) is 111 cm³/mol. The van der Waals surface area contributed by atoms with Crippen molar-refractivity contribution in [1.82, 2.24) is 20.1 Å². The van der Waals surface area contributed by atoms with Gasteiger partial charge in [-0.05, 0) is 45.2 Å². The van der Waals surface area contributed by atoms with Gasteiger partial charge in [-0.2, -0.15) is 10.2 Å². The molecule has 2 aromatic rings. The average Bonchev–Trinajstić information content (AvgIpc) is 3.41. The van der Waals surface area contributed by atoms with Crippen LogP contribution in [0.5, 0.6) is 0 Å². The Morgan fingerprint density at radius 2 is 1.90 bits per heavy atom. The van der Waals surface area contributed by atoms with Crippen LogP contribution in [0.15, 0.2) is 35.4 Å². The summed E-state index contributed by atoms with van der Waals surface area (Å²) in [6.07, 6.45) is 4.34. The second-order valence-corrected chi connectivity index (χ2v) is 7.74. The monoisotopic (exact) mass is 394 g/mol. The van der Waals surface area contributed by atoms with E-state index in [4.69, 9.17) is 5.10 Å². The molecule has 2 saturated heterocycles. The van der Waals surface area contributed by atoms with Gasteiger partial charge >= 0.3 is 6.03 Å². The lowest BCUT2D eigenvalue weighted by Gasteiger charge is -2.20. The number of amides is 3. The smallest absolute Gasteiger partial charge is 0.346 e. The number of para-hydroxylation sites is 1. The molecule has 3 heterocycles. The quantitative estimate of drug-likeness (QED) is 0.624. The van der Waals surface area contributed by atoms with Crippen molar-refractivity contribution in [2.75, 3.05) is 18.0 Å². The molecule has 1 aromatic heterocycles. The lowest BCUT2D eigenvalue weighted by molar-refractivity contribution is -0.130. The second kappa shape index (κ2) is 7.35. The van der Waals surface area contributed by atoms with E-state index in [1.54, 1.807) is 13.1 Å². The largest absolute Gasteiger partial charge is 0.356 e. The van der Waals surface area contributed by atoms with Gasteiger partial charge in [0, 0.05) is 13.1 Å². The van der Waals surface area contributed by atoms with Crippen molar-refractivity contribution in [3.8, 4) is 5.69 Å². The highest BCUT2D eigenvalue weighted by atomic mass is 16.2. The fourth-order valence-electron chi connectivity index (χ4n) is 3.79. The molecule has 2 aliphatic rings. The number of hydrogen-bond acceptors (Lipinski definition) is 5. The summed E-state index contributed by atoms with van der Waals surface area (Å²) in [6, 6.07) is 9.46. The molecule has 29 heavy (non-hydrogen) atoms. The summed E-state index contributed by atoms with van der Waals surface area (Å²) in [5.74, 6) is 0.609. The first-order chi connectivity index (χ1) is 13.9. The summed E-state index contributed by atoms with van der Waals surface area (Å²) in [4.78, 5) is 27.2. The van der Waals surface area contributed by atoms with Crippen LogP contribution < -0.4 is 10.2 Å². The van der Waals surface area contributed by atoms with Gasteiger partial charge in [0.2, 0.25) is 0 Å². The van der Waals surface area contributed by atoms with E-state index in [2.05, 4.69) is 15.3 Å². The van der Waals surface area contributed by atoms with E-state index in [1.165, 1.54) is 0 Å². The standard InChI is InChI=1S/C21H26N6O2/c1-4-21(3)19(28)27(20(29)23-21)22-14-17-15(2)24-26(16-10-6-5-7-11-16)18(17)25-12-8-9-13-25/h5-7,10-11,14H,4,8-9,12-13H2,1-3H3,(H,23,29)/b22-14+. The van der Waals surface area contributed by atoms with Gasteiger partial charge in [-0.25, -0.2) is 9.48 Å². The average molecular weight is 394 g/mol. The first-order valence-electron chi connectivity index (χ1n) is 10.1. The minimum absolute atomic E-state index is 0.336. The number of urea groups is 1. The summed E-state index contributed by atoms with van der Waals surface area (Å²) in [5.41, 5.74) is 1.67. The van der Waals surface area contributed by atoms with E-state index < -0.39 is 11.6 Å². The molecule has 0 saturated carbocycles. The number of carbonyl (C=O) groups excluding carboxylic acids is 2. The zero-order valence-electron chi connectivity index (χ0n) is 17.1. The van der Waals surface area contributed by atoms with E-state index in [0.717, 1.165) is 53.7 Å². The molecule has 1 unspecified atom stereocenters. The normalized spacial score (nSPS) is 22.2. The lowest BCUT2D eigenvalue weighted by Crippen LogP contribution is -2.42. The number of rotatable bonds is 5. The molecular formula is C21H26N6O2. The molecule has 3 amide bonds. The molecule has 4 rings (SSSR count). The van der Waals surface area contributed by atoms with Crippen LogP contribution in [0.2, 0.25) is 0 Å². The van der Waals surface area contributed by atoms with Crippen molar-refractivity contribution in [1.29, 1.82) is 0 Å². The van der Waals surface area contributed by atoms with Gasteiger partial charge in [-0.15, -0.1) is 5.01 Å². The van der Waals surface area contributed by atoms with Crippen LogP contribution in [0.25, 0.3) is 5.69 Å². The van der Waals surface area contributed by atoms with Crippen LogP contribution in [0.4, 0.5) is 10.6 Å². The van der Waals surface area contributed by atoms with Crippen LogP contribution in [0.1, 0.15) is 44.4 Å². The summed E-state index contributed by atoms with van der Waals surface area (Å²) >= 11 is 0. The third kappa shape index (κ3) is 3.28. The minimum atomic E-state index is -0.907. The van der Waals surface area contributed by atoms with Gasteiger partial charge in [-0.3, -0.25) is 4.79 Å². The number of nitrogens with one attached hydrogen (secondary N) is 1. The SMILES string of the molecule is CCC1(C)NC(=O)N(/N=C/c2c(C)nn(-c3ccccc3)c2N2CCCC2)C1=O. The van der Waals surface area contributed by atoms with E-state index in [1.807, 2.05) is 48.9 Å². The number of hydrogen-bond donors (Lipinski definition) is 1. The Bertz CT molecular complexity index is 961. The molecule has 1 aromatic carbocycles. The van der Waals surface area contributed by atoms with E-state index in [0.29, 0.717) is 6.42 Å². The Morgan fingerprint density at radius 3 is 2.52 bits per heavy atom. The van der Waals surface area contributed by atoms with Crippen molar-refractivity contribution in [3.05, 3.63) is 41.6 Å². The molecule has 2 aliphatic heterocycles. The van der Waals surface area contributed by atoms with Crippen LogP contribution in [-0.4, -0.2) is 51.6 Å². The maximum atomic E-state index is 12.6. The number of aromatic nitrogens is 2. The number of nitrogens with zero attached hydrogens (tertiary/aromatic N) is 5. The Kier molecular flexibility index (Phi) is 4.86. The number of hydrazone groups is 1. The third-order valence-corrected chi connectivity index (χ3v) is 5.74. The highest BCUT2D eigenvalue weighted by Gasteiger charge is 2.47. The van der Waals surface area contributed by atoms with Crippen LogP contribution in [0, 0.1) is 6.92 Å². The van der Waals surface area contributed by atoms with Gasteiger partial charge in [0.05, 0.1) is 23.2 Å². The summed E-state index contributed by atoms with van der Waals surface area (Å²) in [5, 5.41) is 12.6. The molecule has 8 heteroatoms. The number of benzene rings is 1. The Labute approximate surface area is 170 Å². The van der Waals surface area contributed by atoms with Crippen LogP contribution >= 0.6 is 0 Å². The van der Waals surface area contributed by atoms with Gasteiger partial charge in [-0.1, -0.05) is 25.1 Å². The van der Waals surface area contributed by atoms with Crippen LogP contribution in [0.3, 0.4) is 0 Å². The van der Waals surface area contributed by atoms with E-state index in [9.17, 15) is 9.59 Å². The Morgan fingerprint density at radius 1 is 1.21 bits per heavy atom. The fourth-order valence-corrected chi connectivity index (χ4v) is 3.79. The maximum absolute atomic E-state index is 12.6. The van der Waals surface area contributed by atoms with Crippen molar-refractivity contribution in [2.24, 2.45) is 5.10 Å². The molecule has 0 aliphatic carbocycles. The number of imide groups is 1. The van der Waals surface area contributed by atoms with Crippen molar-refractivity contribution in [2.45, 2.75) is 45.6 Å². The minimum Gasteiger partial charge on any atom is -0.356 e. The first kappa shape index (κ1) is 19.2. The van der Waals surface area contributed by atoms with Gasteiger partial charge in [0.1, 0.15) is 11.4 Å². The van der Waals surface area contributed by atoms with Crippen LogP contribution in [-0.2, 0) is 4.79 Å². The second-order valence-electron chi connectivity index (χ2n) is 7.74. The fraction of sp³-hybridized carbons (Fsp3) is 0.429. The van der Waals surface area contributed by atoms with E-state index in [-0.39, 0.29) is 5.91 Å². The zero-order valence-corrected chi connectivity index (χ0v) is 17.1. The molecular weight excluding hydrogens is 368 g/mol. The zero-order chi connectivity index (χ0) is 20.6. The van der Waals surface area contributed by atoms with Gasteiger partial charge in [0.15, 0.2) is 0 Å². The lowest BCUT2D eigenvalue weighted by atomic mass is 10.00. The Hall–Kier alpha value is -3.16. The Balaban J connectivity index is 1.74. The van der Waals surface area contributed by atoms with Crippen molar-refractivity contribution < 1.29 is 9.59 Å². The molecule has 1 atom stereocenters. The maximum Gasteiger partial charge on any atom is 0.346 e. The highest BCUT2D eigenvalue weighted by molar-refractivity contribution is 6.07. The molecule has 8 nitrogen and oxygen atoms in total. The third-order valence-electron chi connectivity index (χ3n) is 5.74. The topological polar surface area (TPSA) is 82.8 Å². The highest BCUT2D eigenvalue weighted by Crippen LogP contribution is 2.29. The predicted octanol–water partition coefficient (Wildman–Crippen LogP) is 2.84. The number of carbonyl (C=O) groups is 2. The molecule has 0 spiro atoms. The molecule has 0 bridgehead atoms. The molecule has 1 N–H and O–H groups in total. The van der Waals surface area contributed by atoms with Gasteiger partial charge in [0.25, 0.3) is 5.91 Å². The number of anilines is 1. The first-order valence-corrected chi connectivity index (χ1v) is 10.1. The molecule has 0 radical (unpaired) electrons. The molecule has 152 valence electrons. The van der Waals surface area contributed by atoms with E-state index >= 15 is 0 Å². The van der Waals surface area contributed by atoms with Crippen molar-refractivity contribution in [3.63, 3.8) is 0 Å².